The Hall–Kier alpha value is -1.61. The van der Waals surface area contributed by atoms with E-state index in [0.29, 0.717) is 25.0 Å². The molecule has 1 rings (SSSR count). The summed E-state index contributed by atoms with van der Waals surface area (Å²) in [6, 6.07) is 10.3. The first-order valence-corrected chi connectivity index (χ1v) is 13.2. The maximum atomic E-state index is 11.7. The summed E-state index contributed by atoms with van der Waals surface area (Å²) in [5, 5.41) is 9.59. The van der Waals surface area contributed by atoms with Crippen molar-refractivity contribution in [3.63, 3.8) is 0 Å². The Morgan fingerprint density at radius 1 is 0.844 bits per heavy atom. The molecule has 0 aliphatic carbocycles. The summed E-state index contributed by atoms with van der Waals surface area (Å²) in [4.78, 5) is 11.7. The molecule has 3 heteroatoms. The quantitative estimate of drug-likeness (QED) is 0.152. The van der Waals surface area contributed by atoms with Crippen LogP contribution < -0.4 is 0 Å². The molecule has 0 unspecified atom stereocenters. The molecule has 0 fully saturated rings. The molecule has 0 bridgehead atoms. The number of aliphatic carboxylic acids is 1. The molecule has 1 atom stereocenters. The molecule has 3 nitrogen and oxygen atoms in total. The molecule has 0 heterocycles. The third-order valence-corrected chi connectivity index (χ3v) is 6.16. The van der Waals surface area contributed by atoms with Crippen LogP contribution in [0.25, 0.3) is 0 Å². The van der Waals surface area contributed by atoms with Crippen molar-refractivity contribution in [3.8, 4) is 0 Å². The van der Waals surface area contributed by atoms with Gasteiger partial charge in [-0.15, -0.1) is 0 Å². The topological polar surface area (TPSA) is 46.5 Å². The van der Waals surface area contributed by atoms with Gasteiger partial charge in [0.05, 0.1) is 12.7 Å². The summed E-state index contributed by atoms with van der Waals surface area (Å²) in [6.45, 7) is 5.03. The van der Waals surface area contributed by atoms with Crippen molar-refractivity contribution in [3.05, 3.63) is 47.5 Å². The Morgan fingerprint density at radius 3 is 2.00 bits per heavy atom. The predicted molar refractivity (Wildman–Crippen MR) is 136 cm³/mol. The molecular weight excluding hydrogens is 396 g/mol. The maximum absolute atomic E-state index is 11.7. The summed E-state index contributed by atoms with van der Waals surface area (Å²) < 4.78 is 6.24. The van der Waals surface area contributed by atoms with Gasteiger partial charge in [0.15, 0.2) is 0 Å². The number of rotatable bonds is 21. The third-order valence-electron chi connectivity index (χ3n) is 6.16. The predicted octanol–water partition coefficient (Wildman–Crippen LogP) is 8.86. The highest BCUT2D eigenvalue weighted by Gasteiger charge is 2.12. The zero-order chi connectivity index (χ0) is 23.3. The van der Waals surface area contributed by atoms with Crippen LogP contribution in [0.1, 0.15) is 122 Å². The van der Waals surface area contributed by atoms with Gasteiger partial charge in [-0.3, -0.25) is 0 Å². The second-order valence-electron chi connectivity index (χ2n) is 9.12. The Kier molecular flexibility index (Phi) is 17.8. The number of carboxylic acid groups (broad SMARTS) is 1. The summed E-state index contributed by atoms with van der Waals surface area (Å²) in [5.74, 6) is -0.772. The molecule has 0 aliphatic heterocycles. The first-order chi connectivity index (χ1) is 15.7. The second kappa shape index (κ2) is 20.0. The van der Waals surface area contributed by atoms with Crippen molar-refractivity contribution < 1.29 is 14.6 Å². The number of benzene rings is 1. The van der Waals surface area contributed by atoms with Crippen LogP contribution in [0.2, 0.25) is 0 Å². The van der Waals surface area contributed by atoms with Crippen LogP contribution in [0, 0.1) is 0 Å². The Balaban J connectivity index is 2.47. The Bertz CT molecular complexity index is 594. The van der Waals surface area contributed by atoms with E-state index < -0.39 is 5.97 Å². The van der Waals surface area contributed by atoms with Gasteiger partial charge in [0.25, 0.3) is 0 Å². The molecule has 32 heavy (non-hydrogen) atoms. The standard InChI is InChI=1S/C29H48O3/c1-3-5-7-9-10-11-12-13-18-22-28(32-25-26-19-15-14-16-20-26)24-23-27(29(30)31)21-17-8-6-4-2/h14-16,19-20,23,28H,3-13,17-18,21-22,24-25H2,1-2H3,(H,30,31)/b27-23+/t28-/m1/s1. The molecule has 0 amide bonds. The minimum Gasteiger partial charge on any atom is -0.478 e. The van der Waals surface area contributed by atoms with Crippen LogP contribution in [-0.4, -0.2) is 17.2 Å². The highest BCUT2D eigenvalue weighted by Crippen LogP contribution is 2.18. The molecule has 1 aromatic carbocycles. The highest BCUT2D eigenvalue weighted by molar-refractivity contribution is 5.86. The van der Waals surface area contributed by atoms with E-state index in [4.69, 9.17) is 4.74 Å². The number of unbranched alkanes of at least 4 members (excludes halogenated alkanes) is 11. The number of carboxylic acids is 1. The maximum Gasteiger partial charge on any atom is 0.331 e. The minimum atomic E-state index is -0.772. The summed E-state index contributed by atoms with van der Waals surface area (Å²) >= 11 is 0. The van der Waals surface area contributed by atoms with Crippen LogP contribution in [0.15, 0.2) is 42.0 Å². The number of hydrogen-bond acceptors (Lipinski definition) is 2. The lowest BCUT2D eigenvalue weighted by molar-refractivity contribution is -0.132. The van der Waals surface area contributed by atoms with Gasteiger partial charge in [0.2, 0.25) is 0 Å². The van der Waals surface area contributed by atoms with Gasteiger partial charge in [0, 0.05) is 5.57 Å². The SMILES string of the molecule is CCCCCCCCCCC[C@H](C/C=C(\CCCCCC)C(=O)O)OCc1ccccc1. The van der Waals surface area contributed by atoms with Crippen molar-refractivity contribution in [2.45, 2.75) is 129 Å². The zero-order valence-corrected chi connectivity index (χ0v) is 20.8. The third kappa shape index (κ3) is 15.2. The normalized spacial score (nSPS) is 12.8. The monoisotopic (exact) mass is 444 g/mol. The lowest BCUT2D eigenvalue weighted by Gasteiger charge is -2.17. The van der Waals surface area contributed by atoms with Crippen molar-refractivity contribution in [2.75, 3.05) is 0 Å². The van der Waals surface area contributed by atoms with E-state index in [0.717, 1.165) is 25.7 Å². The molecule has 0 saturated carbocycles. The minimum absolute atomic E-state index is 0.0877. The second-order valence-corrected chi connectivity index (χ2v) is 9.12. The van der Waals surface area contributed by atoms with Crippen molar-refractivity contribution in [2.24, 2.45) is 0 Å². The van der Waals surface area contributed by atoms with Gasteiger partial charge in [0.1, 0.15) is 0 Å². The van der Waals surface area contributed by atoms with E-state index in [1.165, 1.54) is 69.8 Å². The smallest absolute Gasteiger partial charge is 0.331 e. The van der Waals surface area contributed by atoms with Gasteiger partial charge in [-0.2, -0.15) is 0 Å². The zero-order valence-electron chi connectivity index (χ0n) is 20.8. The molecule has 0 aromatic heterocycles. The van der Waals surface area contributed by atoms with E-state index >= 15 is 0 Å². The highest BCUT2D eigenvalue weighted by atomic mass is 16.5. The van der Waals surface area contributed by atoms with E-state index in [-0.39, 0.29) is 6.10 Å². The van der Waals surface area contributed by atoms with Crippen molar-refractivity contribution in [1.29, 1.82) is 0 Å². The van der Waals surface area contributed by atoms with E-state index in [9.17, 15) is 9.90 Å². The van der Waals surface area contributed by atoms with Crippen LogP contribution in [0.4, 0.5) is 0 Å². The average Bonchev–Trinajstić information content (AvgIpc) is 2.80. The van der Waals surface area contributed by atoms with Crippen LogP contribution in [0.3, 0.4) is 0 Å². The fraction of sp³-hybridized carbons (Fsp3) is 0.690. The molecule has 0 spiro atoms. The molecule has 0 radical (unpaired) electrons. The largest absolute Gasteiger partial charge is 0.478 e. The summed E-state index contributed by atoms with van der Waals surface area (Å²) in [5.41, 5.74) is 1.73. The lowest BCUT2D eigenvalue weighted by atomic mass is 10.0. The van der Waals surface area contributed by atoms with E-state index in [1.54, 1.807) is 0 Å². The summed E-state index contributed by atoms with van der Waals surface area (Å²) in [7, 11) is 0. The van der Waals surface area contributed by atoms with Crippen molar-refractivity contribution in [1.82, 2.24) is 0 Å². The Labute approximate surface area is 197 Å². The fourth-order valence-corrected chi connectivity index (χ4v) is 4.05. The number of ether oxygens (including phenoxy) is 1. The van der Waals surface area contributed by atoms with Gasteiger partial charge < -0.3 is 9.84 Å². The number of hydrogen-bond donors (Lipinski definition) is 1. The van der Waals surface area contributed by atoms with E-state index in [2.05, 4.69) is 26.0 Å². The summed E-state index contributed by atoms with van der Waals surface area (Å²) in [6.07, 6.45) is 20.6. The fourth-order valence-electron chi connectivity index (χ4n) is 4.05. The first-order valence-electron chi connectivity index (χ1n) is 13.2. The first kappa shape index (κ1) is 28.4. The van der Waals surface area contributed by atoms with Crippen LogP contribution in [-0.2, 0) is 16.1 Å². The Morgan fingerprint density at radius 2 is 1.41 bits per heavy atom. The molecule has 1 aromatic rings. The van der Waals surface area contributed by atoms with Crippen molar-refractivity contribution >= 4 is 5.97 Å². The van der Waals surface area contributed by atoms with Gasteiger partial charge >= 0.3 is 5.97 Å². The molecule has 182 valence electrons. The van der Waals surface area contributed by atoms with Crippen LogP contribution >= 0.6 is 0 Å². The number of carbonyl (C=O) groups is 1. The van der Waals surface area contributed by atoms with Crippen LogP contribution in [0.5, 0.6) is 0 Å². The molecule has 0 saturated heterocycles. The van der Waals surface area contributed by atoms with E-state index in [1.807, 2.05) is 24.3 Å². The van der Waals surface area contributed by atoms with Gasteiger partial charge in [-0.1, -0.05) is 127 Å². The molecular formula is C29H48O3. The van der Waals surface area contributed by atoms with Gasteiger partial charge in [-0.25, -0.2) is 4.79 Å². The lowest BCUT2D eigenvalue weighted by Crippen LogP contribution is -2.13. The van der Waals surface area contributed by atoms with Gasteiger partial charge in [-0.05, 0) is 31.2 Å². The average molecular weight is 445 g/mol. The molecule has 1 N–H and O–H groups in total. The molecule has 0 aliphatic rings.